The van der Waals surface area contributed by atoms with Crippen LogP contribution in [0.5, 0.6) is 0 Å². The van der Waals surface area contributed by atoms with Gasteiger partial charge in [0.1, 0.15) is 0 Å². The molecule has 0 bridgehead atoms. The minimum absolute atomic E-state index is 0.0458. The minimum atomic E-state index is -3.93. The van der Waals surface area contributed by atoms with Crippen LogP contribution >= 0.6 is 11.6 Å². The molecule has 3 aromatic carbocycles. The number of aryl methyl sites for hydroxylation is 4. The molecule has 0 aliphatic rings. The smallest absolute Gasteiger partial charge is 0.263 e. The average molecular weight is 467 g/mol. The third-order valence-corrected chi connectivity index (χ3v) is 6.82. The summed E-state index contributed by atoms with van der Waals surface area (Å²) in [5.74, 6) is 0.430. The van der Waals surface area contributed by atoms with Crippen molar-refractivity contribution in [1.29, 1.82) is 0 Å². The molecule has 2 N–H and O–H groups in total. The second kappa shape index (κ2) is 8.41. The summed E-state index contributed by atoms with van der Waals surface area (Å²) in [6.45, 7) is 7.98. The average Bonchev–Trinajstić information content (AvgIpc) is 2.71. The number of sulfonamides is 1. The maximum atomic E-state index is 13.1. The van der Waals surface area contributed by atoms with Crippen LogP contribution in [0.1, 0.15) is 22.3 Å². The van der Waals surface area contributed by atoms with Crippen LogP contribution in [0.25, 0.3) is 11.0 Å². The lowest BCUT2D eigenvalue weighted by Gasteiger charge is -2.16. The van der Waals surface area contributed by atoms with Crippen LogP contribution in [0.4, 0.5) is 17.3 Å². The number of rotatable bonds is 5. The molecular weight excluding hydrogens is 444 g/mol. The van der Waals surface area contributed by atoms with Gasteiger partial charge < -0.3 is 5.32 Å². The van der Waals surface area contributed by atoms with Gasteiger partial charge in [-0.25, -0.2) is 18.4 Å². The van der Waals surface area contributed by atoms with Crippen molar-refractivity contribution in [3.8, 4) is 0 Å². The van der Waals surface area contributed by atoms with Crippen LogP contribution < -0.4 is 10.0 Å². The number of benzene rings is 3. The Kier molecular flexibility index (Phi) is 5.79. The van der Waals surface area contributed by atoms with Crippen molar-refractivity contribution < 1.29 is 8.42 Å². The molecule has 0 amide bonds. The third kappa shape index (κ3) is 4.54. The fourth-order valence-electron chi connectivity index (χ4n) is 3.37. The van der Waals surface area contributed by atoms with Crippen molar-refractivity contribution in [3.05, 3.63) is 81.9 Å². The summed E-state index contributed by atoms with van der Waals surface area (Å²) in [5, 5.41) is 3.58. The van der Waals surface area contributed by atoms with Crippen LogP contribution in [0, 0.1) is 27.7 Å². The standard InChI is InChI=1S/C24H23ClN4O2S/c1-14-8-9-20(17(4)10-14)26-23-24(28-22-12-16(3)15(2)11-21(22)27-23)29-32(30,31)19-7-5-6-18(25)13-19/h5-13H,1-4H3,(H,26,27)(H,28,29). The molecule has 0 aliphatic heterocycles. The fourth-order valence-corrected chi connectivity index (χ4v) is 4.68. The van der Waals surface area contributed by atoms with E-state index in [4.69, 9.17) is 16.6 Å². The molecule has 0 unspecified atom stereocenters. The fraction of sp³-hybridized carbons (Fsp3) is 0.167. The van der Waals surface area contributed by atoms with Crippen LogP contribution in [0.2, 0.25) is 5.02 Å². The molecule has 8 heteroatoms. The van der Waals surface area contributed by atoms with E-state index in [-0.39, 0.29) is 10.7 Å². The highest BCUT2D eigenvalue weighted by Gasteiger charge is 2.20. The van der Waals surface area contributed by atoms with Gasteiger partial charge in [0, 0.05) is 10.7 Å². The quantitative estimate of drug-likeness (QED) is 0.373. The Hall–Kier alpha value is -3.16. The second-order valence-corrected chi connectivity index (χ2v) is 9.97. The zero-order valence-electron chi connectivity index (χ0n) is 18.2. The van der Waals surface area contributed by atoms with E-state index < -0.39 is 10.0 Å². The highest BCUT2D eigenvalue weighted by atomic mass is 35.5. The highest BCUT2D eigenvalue weighted by Crippen LogP contribution is 2.30. The summed E-state index contributed by atoms with van der Waals surface area (Å²) in [6.07, 6.45) is 0. The van der Waals surface area contributed by atoms with Gasteiger partial charge >= 0.3 is 0 Å². The molecule has 1 aromatic heterocycles. The van der Waals surface area contributed by atoms with E-state index in [0.717, 1.165) is 27.9 Å². The molecule has 164 valence electrons. The predicted molar refractivity (Wildman–Crippen MR) is 130 cm³/mol. The molecule has 0 spiro atoms. The van der Waals surface area contributed by atoms with Crippen LogP contribution in [-0.2, 0) is 10.0 Å². The molecule has 4 aromatic rings. The predicted octanol–water partition coefficient (Wildman–Crippen LogP) is 6.06. The Morgan fingerprint density at radius 1 is 0.781 bits per heavy atom. The van der Waals surface area contributed by atoms with Crippen molar-refractivity contribution in [1.82, 2.24) is 9.97 Å². The third-order valence-electron chi connectivity index (χ3n) is 5.25. The normalized spacial score (nSPS) is 11.5. The first kappa shape index (κ1) is 22.0. The number of nitrogens with zero attached hydrogens (tertiary/aromatic N) is 2. The van der Waals surface area contributed by atoms with Crippen LogP contribution in [0.15, 0.2) is 59.5 Å². The maximum absolute atomic E-state index is 13.1. The number of aromatic nitrogens is 2. The van der Waals surface area contributed by atoms with Gasteiger partial charge in [-0.2, -0.15) is 0 Å². The lowest BCUT2D eigenvalue weighted by Crippen LogP contribution is -2.16. The molecule has 32 heavy (non-hydrogen) atoms. The maximum Gasteiger partial charge on any atom is 0.263 e. The van der Waals surface area contributed by atoms with Gasteiger partial charge in [0.2, 0.25) is 0 Å². The molecular formula is C24H23ClN4O2S. The zero-order valence-corrected chi connectivity index (χ0v) is 19.8. The second-order valence-electron chi connectivity index (χ2n) is 7.85. The van der Waals surface area contributed by atoms with Crippen molar-refractivity contribution in [2.24, 2.45) is 0 Å². The molecule has 0 fully saturated rings. The number of nitrogens with one attached hydrogen (secondary N) is 2. The monoisotopic (exact) mass is 466 g/mol. The zero-order chi connectivity index (χ0) is 23.0. The topological polar surface area (TPSA) is 84.0 Å². The van der Waals surface area contributed by atoms with E-state index in [9.17, 15) is 8.42 Å². The molecule has 0 radical (unpaired) electrons. The summed E-state index contributed by atoms with van der Waals surface area (Å²) >= 11 is 6.00. The first-order valence-electron chi connectivity index (χ1n) is 10.0. The largest absolute Gasteiger partial charge is 0.337 e. The number of fused-ring (bicyclic) bond motifs is 1. The van der Waals surface area contributed by atoms with Gasteiger partial charge in [-0.1, -0.05) is 35.4 Å². The molecule has 1 heterocycles. The number of hydrogen-bond acceptors (Lipinski definition) is 5. The van der Waals surface area contributed by atoms with E-state index >= 15 is 0 Å². The van der Waals surface area contributed by atoms with E-state index in [1.807, 2.05) is 58.0 Å². The Balaban J connectivity index is 1.85. The van der Waals surface area contributed by atoms with Gasteiger partial charge in [0.25, 0.3) is 10.0 Å². The molecule has 0 aliphatic carbocycles. The number of halogens is 1. The molecule has 0 saturated heterocycles. The van der Waals surface area contributed by atoms with E-state index in [0.29, 0.717) is 21.9 Å². The highest BCUT2D eigenvalue weighted by molar-refractivity contribution is 7.92. The van der Waals surface area contributed by atoms with Crippen molar-refractivity contribution >= 4 is 50.0 Å². The van der Waals surface area contributed by atoms with Gasteiger partial charge in [-0.3, -0.25) is 4.72 Å². The molecule has 0 saturated carbocycles. The lowest BCUT2D eigenvalue weighted by atomic mass is 10.1. The van der Waals surface area contributed by atoms with Gasteiger partial charge in [0.05, 0.1) is 15.9 Å². The number of anilines is 3. The summed E-state index contributed by atoms with van der Waals surface area (Å²) in [7, 11) is -3.93. The SMILES string of the molecule is Cc1ccc(Nc2nc3cc(C)c(C)cc3nc2NS(=O)(=O)c2cccc(Cl)c2)c(C)c1. The summed E-state index contributed by atoms with van der Waals surface area (Å²) in [5.41, 5.74) is 6.36. The number of hydrogen-bond donors (Lipinski definition) is 2. The Bertz CT molecular complexity index is 1450. The van der Waals surface area contributed by atoms with Gasteiger partial charge in [-0.05, 0) is 80.8 Å². The first-order chi connectivity index (χ1) is 15.1. The van der Waals surface area contributed by atoms with E-state index in [1.54, 1.807) is 12.1 Å². The van der Waals surface area contributed by atoms with Gasteiger partial charge in [0.15, 0.2) is 11.6 Å². The summed E-state index contributed by atoms with van der Waals surface area (Å²) in [6, 6.07) is 15.9. The van der Waals surface area contributed by atoms with Crippen molar-refractivity contribution in [3.63, 3.8) is 0 Å². The van der Waals surface area contributed by atoms with Crippen LogP contribution in [-0.4, -0.2) is 18.4 Å². The first-order valence-corrected chi connectivity index (χ1v) is 11.9. The Labute approximate surface area is 192 Å². The summed E-state index contributed by atoms with van der Waals surface area (Å²) < 4.78 is 28.7. The van der Waals surface area contributed by atoms with Crippen molar-refractivity contribution in [2.45, 2.75) is 32.6 Å². The van der Waals surface area contributed by atoms with Gasteiger partial charge in [-0.15, -0.1) is 0 Å². The molecule has 0 atom stereocenters. The molecule has 4 rings (SSSR count). The minimum Gasteiger partial charge on any atom is -0.337 e. The van der Waals surface area contributed by atoms with E-state index in [2.05, 4.69) is 15.0 Å². The Morgan fingerprint density at radius 3 is 2.06 bits per heavy atom. The van der Waals surface area contributed by atoms with Crippen molar-refractivity contribution in [2.75, 3.05) is 10.0 Å². The van der Waals surface area contributed by atoms with Crippen LogP contribution in [0.3, 0.4) is 0 Å². The Morgan fingerprint density at radius 2 is 1.44 bits per heavy atom. The summed E-state index contributed by atoms with van der Waals surface area (Å²) in [4.78, 5) is 9.36. The molecule has 6 nitrogen and oxygen atoms in total. The van der Waals surface area contributed by atoms with E-state index in [1.165, 1.54) is 12.1 Å². The lowest BCUT2D eigenvalue weighted by molar-refractivity contribution is 0.601.